The number of esters is 1. The first-order valence-electron chi connectivity index (χ1n) is 10.8. The Kier molecular flexibility index (Phi) is 7.68. The predicted molar refractivity (Wildman–Crippen MR) is 125 cm³/mol. The van der Waals surface area contributed by atoms with Gasteiger partial charge >= 0.3 is 5.97 Å². The number of para-hydroxylation sites is 2. The number of carbonyl (C=O) groups is 2. The highest BCUT2D eigenvalue weighted by Crippen LogP contribution is 2.27. The number of benzene rings is 2. The van der Waals surface area contributed by atoms with Crippen LogP contribution < -0.4 is 5.32 Å². The zero-order valence-electron chi connectivity index (χ0n) is 19.1. The lowest BCUT2D eigenvalue weighted by atomic mass is 9.94. The zero-order chi connectivity index (χ0) is 25.0. The van der Waals surface area contributed by atoms with Gasteiger partial charge in [0.05, 0.1) is 15.4 Å². The van der Waals surface area contributed by atoms with E-state index < -0.39 is 32.9 Å². The highest BCUT2D eigenvalue weighted by atomic mass is 32.2. The molecule has 11 heteroatoms. The number of sulfonamides is 1. The molecule has 1 heterocycles. The standard InChI is InChI=1S/C23H27N3O7S/c1-15-11-16(2)14-25(13-15)34(31,32)19-8-6-7-18(12-19)23(28)33-17(3)22(27)24-20-9-4-5-10-21(20)26(29)30/h4-10,12,15-17H,11,13-14H2,1-3H3,(H,24,27). The fourth-order valence-corrected chi connectivity index (χ4v) is 5.72. The van der Waals surface area contributed by atoms with Gasteiger partial charge in [-0.25, -0.2) is 13.2 Å². The molecule has 0 bridgehead atoms. The number of rotatable bonds is 7. The van der Waals surface area contributed by atoms with E-state index in [1.807, 2.05) is 13.8 Å². The van der Waals surface area contributed by atoms with Crippen LogP contribution in [0.15, 0.2) is 53.4 Å². The summed E-state index contributed by atoms with van der Waals surface area (Å²) < 4.78 is 32.9. The van der Waals surface area contributed by atoms with Gasteiger partial charge in [0.15, 0.2) is 6.10 Å². The molecular weight excluding hydrogens is 462 g/mol. The summed E-state index contributed by atoms with van der Waals surface area (Å²) >= 11 is 0. The average Bonchev–Trinajstić information content (AvgIpc) is 2.78. The number of carbonyl (C=O) groups excluding carboxylic acids is 2. The number of ether oxygens (including phenoxy) is 1. The summed E-state index contributed by atoms with van der Waals surface area (Å²) in [6.45, 7) is 6.14. The molecule has 2 aromatic rings. The summed E-state index contributed by atoms with van der Waals surface area (Å²) in [4.78, 5) is 35.5. The second-order valence-corrected chi connectivity index (χ2v) is 10.5. The third-order valence-electron chi connectivity index (χ3n) is 5.55. The smallest absolute Gasteiger partial charge is 0.338 e. The largest absolute Gasteiger partial charge is 0.449 e. The minimum absolute atomic E-state index is 0.0236. The lowest BCUT2D eigenvalue weighted by Gasteiger charge is -2.34. The van der Waals surface area contributed by atoms with Gasteiger partial charge < -0.3 is 10.1 Å². The lowest BCUT2D eigenvalue weighted by molar-refractivity contribution is -0.383. The number of nitrogens with one attached hydrogen (secondary N) is 1. The number of hydrogen-bond acceptors (Lipinski definition) is 7. The van der Waals surface area contributed by atoms with E-state index in [1.54, 1.807) is 0 Å². The molecule has 1 saturated heterocycles. The molecule has 1 amide bonds. The monoisotopic (exact) mass is 489 g/mol. The van der Waals surface area contributed by atoms with Crippen molar-refractivity contribution in [3.05, 3.63) is 64.2 Å². The van der Waals surface area contributed by atoms with Crippen LogP contribution in [-0.2, 0) is 19.6 Å². The Bertz CT molecular complexity index is 1190. The van der Waals surface area contributed by atoms with Crippen molar-refractivity contribution in [3.8, 4) is 0 Å². The van der Waals surface area contributed by atoms with Crippen LogP contribution >= 0.6 is 0 Å². The molecule has 0 saturated carbocycles. The van der Waals surface area contributed by atoms with Crippen LogP contribution in [0.3, 0.4) is 0 Å². The van der Waals surface area contributed by atoms with E-state index in [1.165, 1.54) is 59.8 Å². The van der Waals surface area contributed by atoms with Crippen LogP contribution in [-0.4, -0.2) is 48.7 Å². The Labute approximate surface area is 198 Å². The van der Waals surface area contributed by atoms with Crippen molar-refractivity contribution in [3.63, 3.8) is 0 Å². The van der Waals surface area contributed by atoms with Gasteiger partial charge in [0.25, 0.3) is 11.6 Å². The first-order chi connectivity index (χ1) is 16.0. The lowest BCUT2D eigenvalue weighted by Crippen LogP contribution is -2.42. The van der Waals surface area contributed by atoms with Gasteiger partial charge in [-0.2, -0.15) is 4.31 Å². The molecule has 10 nitrogen and oxygen atoms in total. The number of anilines is 1. The van der Waals surface area contributed by atoms with Gasteiger partial charge in [-0.15, -0.1) is 0 Å². The Morgan fingerprint density at radius 3 is 2.41 bits per heavy atom. The van der Waals surface area contributed by atoms with Gasteiger partial charge in [-0.05, 0) is 49.4 Å². The number of piperidine rings is 1. The number of nitrogens with zero attached hydrogens (tertiary/aromatic N) is 2. The summed E-state index contributed by atoms with van der Waals surface area (Å²) in [5.41, 5.74) is -0.350. The zero-order valence-corrected chi connectivity index (χ0v) is 19.9. The highest BCUT2D eigenvalue weighted by molar-refractivity contribution is 7.89. The molecule has 0 spiro atoms. The van der Waals surface area contributed by atoms with Crippen molar-refractivity contribution in [2.45, 2.75) is 38.2 Å². The fraction of sp³-hybridized carbons (Fsp3) is 0.391. The molecule has 1 aliphatic rings. The van der Waals surface area contributed by atoms with Crippen molar-refractivity contribution in [2.24, 2.45) is 11.8 Å². The molecule has 182 valence electrons. The predicted octanol–water partition coefficient (Wildman–Crippen LogP) is 3.45. The maximum Gasteiger partial charge on any atom is 0.338 e. The summed E-state index contributed by atoms with van der Waals surface area (Å²) in [5, 5.41) is 13.5. The van der Waals surface area contributed by atoms with Crippen molar-refractivity contribution in [1.82, 2.24) is 4.31 Å². The Morgan fingerprint density at radius 1 is 1.12 bits per heavy atom. The Morgan fingerprint density at radius 2 is 1.76 bits per heavy atom. The number of nitro groups is 1. The van der Waals surface area contributed by atoms with E-state index in [0.717, 1.165) is 6.42 Å². The first-order valence-corrected chi connectivity index (χ1v) is 12.3. The molecule has 2 aromatic carbocycles. The van der Waals surface area contributed by atoms with E-state index in [2.05, 4.69) is 5.32 Å². The molecule has 0 radical (unpaired) electrons. The molecule has 1 aliphatic heterocycles. The number of hydrogen-bond donors (Lipinski definition) is 1. The molecule has 1 N–H and O–H groups in total. The number of amides is 1. The van der Waals surface area contributed by atoms with Crippen molar-refractivity contribution in [1.29, 1.82) is 0 Å². The van der Waals surface area contributed by atoms with E-state index >= 15 is 0 Å². The Hall–Kier alpha value is -3.31. The SMILES string of the molecule is CC1CC(C)CN(S(=O)(=O)c2cccc(C(=O)OC(C)C(=O)Nc3ccccc3[N+](=O)[O-])c2)C1. The molecule has 34 heavy (non-hydrogen) atoms. The van der Waals surface area contributed by atoms with E-state index in [9.17, 15) is 28.1 Å². The van der Waals surface area contributed by atoms with E-state index in [0.29, 0.717) is 13.1 Å². The molecule has 3 unspecified atom stereocenters. The number of nitro benzene ring substituents is 1. The first kappa shape index (κ1) is 25.3. The summed E-state index contributed by atoms with van der Waals surface area (Å²) in [6.07, 6.45) is -0.332. The minimum Gasteiger partial charge on any atom is -0.449 e. The molecule has 3 rings (SSSR count). The Balaban J connectivity index is 1.71. The van der Waals surface area contributed by atoms with Gasteiger partial charge in [0.1, 0.15) is 5.69 Å². The minimum atomic E-state index is -3.80. The van der Waals surface area contributed by atoms with Crippen LogP contribution in [0.5, 0.6) is 0 Å². The van der Waals surface area contributed by atoms with Gasteiger partial charge in [0.2, 0.25) is 10.0 Å². The topological polar surface area (TPSA) is 136 Å². The van der Waals surface area contributed by atoms with Crippen LogP contribution in [0.1, 0.15) is 37.6 Å². The molecular formula is C23H27N3O7S. The summed E-state index contributed by atoms with van der Waals surface area (Å²) in [7, 11) is -3.80. The second-order valence-electron chi connectivity index (χ2n) is 8.61. The van der Waals surface area contributed by atoms with Crippen LogP contribution in [0.4, 0.5) is 11.4 Å². The molecule has 3 atom stereocenters. The average molecular weight is 490 g/mol. The van der Waals surface area contributed by atoms with Crippen molar-refractivity contribution < 1.29 is 27.7 Å². The third-order valence-corrected chi connectivity index (χ3v) is 7.38. The van der Waals surface area contributed by atoms with E-state index in [-0.39, 0.29) is 33.7 Å². The summed E-state index contributed by atoms with van der Waals surface area (Å²) in [6, 6.07) is 11.1. The summed E-state index contributed by atoms with van der Waals surface area (Å²) in [5.74, 6) is -1.19. The quantitative estimate of drug-likeness (QED) is 0.357. The van der Waals surface area contributed by atoms with Crippen molar-refractivity contribution >= 4 is 33.3 Å². The van der Waals surface area contributed by atoms with E-state index in [4.69, 9.17) is 4.74 Å². The maximum absolute atomic E-state index is 13.1. The van der Waals surface area contributed by atoms with Crippen LogP contribution in [0.25, 0.3) is 0 Å². The second kappa shape index (κ2) is 10.3. The molecule has 1 fully saturated rings. The van der Waals surface area contributed by atoms with Crippen LogP contribution in [0.2, 0.25) is 0 Å². The fourth-order valence-electron chi connectivity index (χ4n) is 3.99. The normalized spacial score (nSPS) is 19.7. The maximum atomic E-state index is 13.1. The molecule has 0 aliphatic carbocycles. The van der Waals surface area contributed by atoms with Gasteiger partial charge in [-0.1, -0.05) is 32.0 Å². The molecule has 0 aromatic heterocycles. The van der Waals surface area contributed by atoms with Crippen molar-refractivity contribution in [2.75, 3.05) is 18.4 Å². The van der Waals surface area contributed by atoms with Gasteiger partial charge in [0, 0.05) is 19.2 Å². The third kappa shape index (κ3) is 5.78. The highest BCUT2D eigenvalue weighted by Gasteiger charge is 2.32. The van der Waals surface area contributed by atoms with Crippen LogP contribution in [0, 0.1) is 22.0 Å². The van der Waals surface area contributed by atoms with Gasteiger partial charge in [-0.3, -0.25) is 14.9 Å².